The van der Waals surface area contributed by atoms with Gasteiger partial charge < -0.3 is 9.47 Å². The van der Waals surface area contributed by atoms with Gasteiger partial charge in [0.15, 0.2) is 0 Å². The molecule has 0 saturated heterocycles. The normalized spacial score (nSPS) is 11.0. The van der Waals surface area contributed by atoms with Crippen molar-refractivity contribution < 1.29 is 19.1 Å². The Balaban J connectivity index is 2.94. The number of nitrogens with zero attached hydrogens (tertiary/aromatic N) is 1. The molecule has 0 bridgehead atoms. The van der Waals surface area contributed by atoms with Gasteiger partial charge in [0, 0.05) is 22.4 Å². The van der Waals surface area contributed by atoms with Crippen molar-refractivity contribution in [3.05, 3.63) is 34.2 Å². The summed E-state index contributed by atoms with van der Waals surface area (Å²) < 4.78 is 11.3. The Hall–Kier alpha value is -1.76. The third kappa shape index (κ3) is 3.63. The van der Waals surface area contributed by atoms with Crippen molar-refractivity contribution in [1.29, 1.82) is 0 Å². The van der Waals surface area contributed by atoms with E-state index in [2.05, 4.69) is 30.8 Å². The van der Waals surface area contributed by atoms with Gasteiger partial charge >= 0.3 is 11.9 Å². The van der Waals surface area contributed by atoms with E-state index < -0.39 is 11.9 Å². The molecule has 0 saturated carbocycles. The maximum Gasteiger partial charge on any atom is 0.356 e. The third-order valence-electron chi connectivity index (χ3n) is 2.01. The smallest absolute Gasteiger partial charge is 0.356 e. The topological polar surface area (TPSA) is 69.6 Å². The maximum atomic E-state index is 11.5. The number of allylic oxidation sites excluding steroid dienone is 1. The molecule has 0 amide bonds. The quantitative estimate of drug-likeness (QED) is 0.675. The number of nitrogens with one attached hydrogen (secondary N) is 1. The molecule has 98 valence electrons. The molecule has 0 fully saturated rings. The van der Waals surface area contributed by atoms with E-state index in [4.69, 9.17) is 0 Å². The van der Waals surface area contributed by atoms with Crippen LogP contribution in [0.1, 0.15) is 17.4 Å². The van der Waals surface area contributed by atoms with Crippen LogP contribution in [0.5, 0.6) is 0 Å². The van der Waals surface area contributed by atoms with Gasteiger partial charge in [-0.2, -0.15) is 0 Å². The van der Waals surface area contributed by atoms with Crippen molar-refractivity contribution in [3.63, 3.8) is 0 Å². The molecule has 6 nitrogen and oxygen atoms in total. The van der Waals surface area contributed by atoms with Gasteiger partial charge in [-0.1, -0.05) is 0 Å². The van der Waals surface area contributed by atoms with Crippen LogP contribution >= 0.6 is 15.9 Å². The molecule has 1 heterocycles. The average Bonchev–Trinajstić information content (AvgIpc) is 2.68. The molecule has 0 aromatic carbocycles. The number of hydrogen-bond acceptors (Lipinski definition) is 5. The van der Waals surface area contributed by atoms with E-state index >= 15 is 0 Å². The molecule has 1 aromatic heterocycles. The summed E-state index contributed by atoms with van der Waals surface area (Å²) in [5.41, 5.74) is 3.69. The van der Waals surface area contributed by atoms with Crippen LogP contribution in [-0.4, -0.2) is 30.8 Å². The van der Waals surface area contributed by atoms with Gasteiger partial charge in [0.1, 0.15) is 5.69 Å². The summed E-state index contributed by atoms with van der Waals surface area (Å²) in [6.45, 7) is 1.67. The fourth-order valence-corrected chi connectivity index (χ4v) is 1.66. The van der Waals surface area contributed by atoms with Gasteiger partial charge in [-0.05, 0) is 28.9 Å². The first-order valence-corrected chi connectivity index (χ1v) is 5.76. The zero-order chi connectivity index (χ0) is 13.7. The molecule has 0 aliphatic carbocycles. The number of carbonyl (C=O) groups is 2. The predicted octanol–water partition coefficient (Wildman–Crippen LogP) is 1.66. The van der Waals surface area contributed by atoms with E-state index in [1.807, 2.05) is 0 Å². The molecule has 1 N–H and O–H groups in total. The molecular formula is C11H13BrN2O4. The Bertz CT molecular complexity index is 493. The number of ether oxygens (including phenoxy) is 2. The maximum absolute atomic E-state index is 11.5. The largest absolute Gasteiger partial charge is 0.466 e. The molecule has 1 rings (SSSR count). The molecule has 0 radical (unpaired) electrons. The van der Waals surface area contributed by atoms with E-state index in [9.17, 15) is 9.59 Å². The first kappa shape index (κ1) is 14.3. The fourth-order valence-electron chi connectivity index (χ4n) is 1.24. The van der Waals surface area contributed by atoms with Crippen molar-refractivity contribution in [3.8, 4) is 0 Å². The van der Waals surface area contributed by atoms with E-state index in [1.54, 1.807) is 19.2 Å². The summed E-state index contributed by atoms with van der Waals surface area (Å²) >= 11 is 3.26. The zero-order valence-corrected chi connectivity index (χ0v) is 11.8. The minimum Gasteiger partial charge on any atom is -0.466 e. The molecule has 0 atom stereocenters. The van der Waals surface area contributed by atoms with E-state index in [0.717, 1.165) is 0 Å². The van der Waals surface area contributed by atoms with Crippen molar-refractivity contribution in [1.82, 2.24) is 4.68 Å². The van der Waals surface area contributed by atoms with E-state index in [0.29, 0.717) is 15.9 Å². The Kier molecular flexibility index (Phi) is 4.96. The van der Waals surface area contributed by atoms with Crippen LogP contribution in [0.15, 0.2) is 28.5 Å². The summed E-state index contributed by atoms with van der Waals surface area (Å²) in [5.74, 6) is -0.968. The summed E-state index contributed by atoms with van der Waals surface area (Å²) in [6.07, 6.45) is 2.91. The van der Waals surface area contributed by atoms with Gasteiger partial charge in [-0.15, -0.1) is 0 Å². The van der Waals surface area contributed by atoms with Crippen molar-refractivity contribution >= 4 is 27.9 Å². The minimum absolute atomic E-state index is 0.307. The first-order valence-electron chi connectivity index (χ1n) is 4.97. The van der Waals surface area contributed by atoms with Crippen molar-refractivity contribution in [2.75, 3.05) is 19.6 Å². The molecule has 1 aromatic rings. The lowest BCUT2D eigenvalue weighted by Gasteiger charge is -2.10. The molecule has 0 unspecified atom stereocenters. The highest BCUT2D eigenvalue weighted by atomic mass is 79.9. The number of rotatable bonds is 4. The van der Waals surface area contributed by atoms with Gasteiger partial charge in [0.2, 0.25) is 0 Å². The summed E-state index contributed by atoms with van der Waals surface area (Å²) in [7, 11) is 2.59. The molecule has 18 heavy (non-hydrogen) atoms. The molecule has 7 heteroatoms. The first-order chi connectivity index (χ1) is 8.47. The standard InChI is InChI=1S/C11H13BrN2O4/c1-7(4-10(15)17-2)13-14-6-8(12)5-9(14)11(16)18-3/h4-6,13H,1-3H3. The molecule has 0 aliphatic heterocycles. The molecular weight excluding hydrogens is 304 g/mol. The predicted molar refractivity (Wildman–Crippen MR) is 68.6 cm³/mol. The van der Waals surface area contributed by atoms with Crippen LogP contribution in [0.25, 0.3) is 0 Å². The second kappa shape index (κ2) is 6.25. The molecule has 0 aliphatic rings. The van der Waals surface area contributed by atoms with Gasteiger partial charge in [0.05, 0.1) is 14.2 Å². The van der Waals surface area contributed by atoms with Crippen LogP contribution in [-0.2, 0) is 14.3 Å². The Morgan fingerprint density at radius 3 is 2.61 bits per heavy atom. The van der Waals surface area contributed by atoms with Crippen molar-refractivity contribution in [2.24, 2.45) is 0 Å². The van der Waals surface area contributed by atoms with Crippen LogP contribution in [0.2, 0.25) is 0 Å². The van der Waals surface area contributed by atoms with Crippen LogP contribution < -0.4 is 5.43 Å². The number of aromatic nitrogens is 1. The second-order valence-corrected chi connectivity index (χ2v) is 4.28. The van der Waals surface area contributed by atoms with E-state index in [-0.39, 0.29) is 0 Å². The number of hydrogen-bond donors (Lipinski definition) is 1. The highest BCUT2D eigenvalue weighted by Gasteiger charge is 2.13. The Morgan fingerprint density at radius 1 is 1.39 bits per heavy atom. The Morgan fingerprint density at radius 2 is 2.06 bits per heavy atom. The van der Waals surface area contributed by atoms with E-state index in [1.165, 1.54) is 25.0 Å². The second-order valence-electron chi connectivity index (χ2n) is 3.37. The van der Waals surface area contributed by atoms with Crippen molar-refractivity contribution in [2.45, 2.75) is 6.92 Å². The monoisotopic (exact) mass is 316 g/mol. The van der Waals surface area contributed by atoms with Crippen LogP contribution in [0.3, 0.4) is 0 Å². The van der Waals surface area contributed by atoms with Crippen LogP contribution in [0.4, 0.5) is 0 Å². The zero-order valence-electron chi connectivity index (χ0n) is 10.2. The third-order valence-corrected chi connectivity index (χ3v) is 2.45. The van der Waals surface area contributed by atoms with Gasteiger partial charge in [-0.25, -0.2) is 9.59 Å². The lowest BCUT2D eigenvalue weighted by molar-refractivity contribution is -0.134. The van der Waals surface area contributed by atoms with Crippen LogP contribution in [0, 0.1) is 0 Å². The highest BCUT2D eigenvalue weighted by molar-refractivity contribution is 9.10. The molecule has 0 spiro atoms. The Labute approximate surface area is 113 Å². The number of methoxy groups -OCH3 is 2. The average molecular weight is 317 g/mol. The lowest BCUT2D eigenvalue weighted by atomic mass is 10.4. The SMILES string of the molecule is COC(=O)C=C(C)Nn1cc(Br)cc1C(=O)OC. The van der Waals surface area contributed by atoms with Gasteiger partial charge in [0.25, 0.3) is 0 Å². The summed E-state index contributed by atoms with van der Waals surface area (Å²) in [5, 5.41) is 0. The summed E-state index contributed by atoms with van der Waals surface area (Å²) in [6, 6.07) is 1.60. The number of carbonyl (C=O) groups excluding carboxylic acids is 2. The highest BCUT2D eigenvalue weighted by Crippen LogP contribution is 2.15. The summed E-state index contributed by atoms with van der Waals surface area (Å²) in [4.78, 5) is 22.5. The van der Waals surface area contributed by atoms with Gasteiger partial charge in [-0.3, -0.25) is 10.1 Å². The lowest BCUT2D eigenvalue weighted by Crippen LogP contribution is -2.19. The number of esters is 2. The fraction of sp³-hybridized carbons (Fsp3) is 0.273. The minimum atomic E-state index is -0.487. The number of halogens is 1.